The first-order valence-corrected chi connectivity index (χ1v) is 12.4. The molecular weight excluding hydrogens is 478 g/mol. The van der Waals surface area contributed by atoms with Gasteiger partial charge in [-0.15, -0.1) is 0 Å². The fourth-order valence-electron chi connectivity index (χ4n) is 4.75. The Morgan fingerprint density at radius 2 is 1.83 bits per heavy atom. The van der Waals surface area contributed by atoms with E-state index in [2.05, 4.69) is 5.16 Å². The van der Waals surface area contributed by atoms with Crippen LogP contribution in [0.15, 0.2) is 59.1 Å². The van der Waals surface area contributed by atoms with Gasteiger partial charge in [0.25, 0.3) is 0 Å². The Bertz CT molecular complexity index is 1470. The van der Waals surface area contributed by atoms with Gasteiger partial charge in [-0.1, -0.05) is 28.9 Å². The molecule has 1 fully saturated rings. The van der Waals surface area contributed by atoms with Gasteiger partial charge in [-0.25, -0.2) is 4.79 Å². The summed E-state index contributed by atoms with van der Waals surface area (Å²) in [6.45, 7) is 2.33. The van der Waals surface area contributed by atoms with E-state index in [4.69, 9.17) is 25.6 Å². The smallest absolute Gasteiger partial charge is 0.335 e. The SMILES string of the molecule is Cc1cccc(Cl)c1-c1noc(C2CC2)c1COc1ccc2c(c1)CCc1cc(C(=O)O)ccc1O2. The molecular formula is C29H24ClNO5. The molecule has 1 saturated carbocycles. The zero-order chi connectivity index (χ0) is 24.8. The predicted octanol–water partition coefficient (Wildman–Crippen LogP) is 7.35. The monoisotopic (exact) mass is 501 g/mol. The maximum absolute atomic E-state index is 11.4. The zero-order valence-electron chi connectivity index (χ0n) is 19.7. The molecule has 1 aliphatic heterocycles. The number of nitrogens with zero attached hydrogens (tertiary/aromatic N) is 1. The molecule has 1 aliphatic carbocycles. The third-order valence-electron chi connectivity index (χ3n) is 6.83. The lowest BCUT2D eigenvalue weighted by Crippen LogP contribution is -2.01. The molecule has 3 aromatic carbocycles. The molecule has 0 unspecified atom stereocenters. The number of aryl methyl sites for hydroxylation is 3. The van der Waals surface area contributed by atoms with E-state index in [0.717, 1.165) is 63.6 Å². The summed E-state index contributed by atoms with van der Waals surface area (Å²) in [5.41, 5.74) is 5.74. The van der Waals surface area contributed by atoms with E-state index in [0.29, 0.717) is 36.1 Å². The van der Waals surface area contributed by atoms with Gasteiger partial charge in [0, 0.05) is 11.5 Å². The third-order valence-corrected chi connectivity index (χ3v) is 7.15. The summed E-state index contributed by atoms with van der Waals surface area (Å²) in [6, 6.07) is 16.6. The van der Waals surface area contributed by atoms with E-state index < -0.39 is 5.97 Å². The molecule has 0 amide bonds. The summed E-state index contributed by atoms with van der Waals surface area (Å²) in [5.74, 6) is 2.47. The van der Waals surface area contributed by atoms with Gasteiger partial charge in [0.15, 0.2) is 0 Å². The van der Waals surface area contributed by atoms with Crippen molar-refractivity contribution in [1.82, 2.24) is 5.16 Å². The van der Waals surface area contributed by atoms with Gasteiger partial charge in [0.05, 0.1) is 16.1 Å². The highest BCUT2D eigenvalue weighted by Gasteiger charge is 2.33. The summed E-state index contributed by atoms with van der Waals surface area (Å²) in [6.07, 6.45) is 3.57. The Morgan fingerprint density at radius 1 is 1.08 bits per heavy atom. The van der Waals surface area contributed by atoms with Gasteiger partial charge in [-0.3, -0.25) is 0 Å². The molecule has 0 atom stereocenters. The van der Waals surface area contributed by atoms with Gasteiger partial charge in [-0.2, -0.15) is 0 Å². The Morgan fingerprint density at radius 3 is 2.56 bits per heavy atom. The number of aromatic carboxylic acids is 1. The number of ether oxygens (including phenoxy) is 2. The molecule has 2 heterocycles. The number of halogens is 1. The second kappa shape index (κ2) is 9.03. The number of rotatable bonds is 6. The highest BCUT2D eigenvalue weighted by molar-refractivity contribution is 6.33. The van der Waals surface area contributed by atoms with Crippen molar-refractivity contribution in [2.75, 3.05) is 0 Å². The molecule has 0 radical (unpaired) electrons. The molecule has 0 bridgehead atoms. The Balaban J connectivity index is 1.26. The number of hydrogen-bond donors (Lipinski definition) is 1. The van der Waals surface area contributed by atoms with Gasteiger partial charge >= 0.3 is 5.97 Å². The van der Waals surface area contributed by atoms with E-state index >= 15 is 0 Å². The van der Waals surface area contributed by atoms with Crippen molar-refractivity contribution in [3.05, 3.63) is 93.2 Å². The molecule has 1 aromatic heterocycles. The molecule has 0 spiro atoms. The van der Waals surface area contributed by atoms with Crippen molar-refractivity contribution in [3.8, 4) is 28.5 Å². The van der Waals surface area contributed by atoms with Crippen molar-refractivity contribution < 1.29 is 23.9 Å². The lowest BCUT2D eigenvalue weighted by atomic mass is 10.0. The van der Waals surface area contributed by atoms with E-state index in [-0.39, 0.29) is 5.56 Å². The van der Waals surface area contributed by atoms with Crippen LogP contribution in [0.3, 0.4) is 0 Å². The number of fused-ring (bicyclic) bond motifs is 2. The van der Waals surface area contributed by atoms with Gasteiger partial charge < -0.3 is 19.1 Å². The van der Waals surface area contributed by atoms with Crippen LogP contribution in [0, 0.1) is 6.92 Å². The van der Waals surface area contributed by atoms with Crippen molar-refractivity contribution in [2.24, 2.45) is 0 Å². The van der Waals surface area contributed by atoms with Crippen molar-refractivity contribution in [3.63, 3.8) is 0 Å². The number of benzene rings is 3. The number of hydrogen-bond acceptors (Lipinski definition) is 5. The first kappa shape index (κ1) is 22.7. The highest BCUT2D eigenvalue weighted by atomic mass is 35.5. The Labute approximate surface area is 213 Å². The second-order valence-corrected chi connectivity index (χ2v) is 9.78. The number of aromatic nitrogens is 1. The van der Waals surface area contributed by atoms with Crippen LogP contribution in [-0.4, -0.2) is 16.2 Å². The van der Waals surface area contributed by atoms with Crippen LogP contribution >= 0.6 is 11.6 Å². The van der Waals surface area contributed by atoms with Crippen LogP contribution in [-0.2, 0) is 19.4 Å². The first-order valence-electron chi connectivity index (χ1n) is 12.0. The van der Waals surface area contributed by atoms with Crippen molar-refractivity contribution >= 4 is 17.6 Å². The number of carboxylic acids is 1. The zero-order valence-corrected chi connectivity index (χ0v) is 20.5. The van der Waals surface area contributed by atoms with E-state index in [1.165, 1.54) is 0 Å². The quantitative estimate of drug-likeness (QED) is 0.297. The van der Waals surface area contributed by atoms with Gasteiger partial charge in [0.2, 0.25) is 0 Å². The van der Waals surface area contributed by atoms with Gasteiger partial charge in [-0.05, 0) is 91.8 Å². The molecule has 182 valence electrons. The van der Waals surface area contributed by atoms with Crippen molar-refractivity contribution in [2.45, 2.75) is 45.1 Å². The van der Waals surface area contributed by atoms with Gasteiger partial charge in [0.1, 0.15) is 35.3 Å². The molecule has 6 nitrogen and oxygen atoms in total. The second-order valence-electron chi connectivity index (χ2n) is 9.37. The summed E-state index contributed by atoms with van der Waals surface area (Å²) >= 11 is 6.55. The molecule has 7 heteroatoms. The predicted molar refractivity (Wildman–Crippen MR) is 135 cm³/mol. The van der Waals surface area contributed by atoms with Crippen LogP contribution in [0.4, 0.5) is 0 Å². The standard InChI is InChI=1S/C29H24ClNO5/c1-16-3-2-4-23(30)26(16)27-22(28(36-31-27)17-5-6-17)15-34-21-10-12-25-19(14-21)8-7-18-13-20(29(32)33)9-11-24(18)35-25/h2-4,9-14,17H,5-8,15H2,1H3,(H,32,33). The largest absolute Gasteiger partial charge is 0.489 e. The molecule has 1 N–H and O–H groups in total. The summed E-state index contributed by atoms with van der Waals surface area (Å²) in [4.78, 5) is 11.4. The minimum absolute atomic E-state index is 0.261. The molecule has 6 rings (SSSR count). The first-order chi connectivity index (χ1) is 17.5. The number of carbonyl (C=O) groups is 1. The summed E-state index contributed by atoms with van der Waals surface area (Å²) in [5, 5.41) is 14.4. The van der Waals surface area contributed by atoms with Crippen LogP contribution < -0.4 is 9.47 Å². The summed E-state index contributed by atoms with van der Waals surface area (Å²) in [7, 11) is 0. The summed E-state index contributed by atoms with van der Waals surface area (Å²) < 4.78 is 18.2. The van der Waals surface area contributed by atoms with E-state index in [1.54, 1.807) is 18.2 Å². The lowest BCUT2D eigenvalue weighted by molar-refractivity contribution is 0.0696. The number of carboxylic acid groups (broad SMARTS) is 1. The Hall–Kier alpha value is -3.77. The molecule has 4 aromatic rings. The Kier molecular flexibility index (Phi) is 5.69. The minimum Gasteiger partial charge on any atom is -0.489 e. The average Bonchev–Trinajstić information content (AvgIpc) is 3.65. The highest BCUT2D eigenvalue weighted by Crippen LogP contribution is 2.45. The minimum atomic E-state index is -0.944. The molecule has 0 saturated heterocycles. The van der Waals surface area contributed by atoms with Crippen molar-refractivity contribution in [1.29, 1.82) is 0 Å². The molecule has 36 heavy (non-hydrogen) atoms. The normalized spacial score (nSPS) is 14.4. The lowest BCUT2D eigenvalue weighted by Gasteiger charge is -2.13. The van der Waals surface area contributed by atoms with Crippen LogP contribution in [0.5, 0.6) is 17.2 Å². The maximum Gasteiger partial charge on any atom is 0.335 e. The van der Waals surface area contributed by atoms with E-state index in [1.807, 2.05) is 43.3 Å². The third kappa shape index (κ3) is 4.22. The van der Waals surface area contributed by atoms with Crippen LogP contribution in [0.25, 0.3) is 11.3 Å². The van der Waals surface area contributed by atoms with Crippen LogP contribution in [0.2, 0.25) is 5.02 Å². The topological polar surface area (TPSA) is 81.8 Å². The van der Waals surface area contributed by atoms with E-state index in [9.17, 15) is 9.90 Å². The fourth-order valence-corrected chi connectivity index (χ4v) is 5.06. The van der Waals surface area contributed by atoms with Crippen LogP contribution in [0.1, 0.15) is 57.1 Å². The fraction of sp³-hybridized carbons (Fsp3) is 0.241. The maximum atomic E-state index is 11.4. The molecule has 2 aliphatic rings. The average molecular weight is 502 g/mol.